The van der Waals surface area contributed by atoms with E-state index in [1.165, 1.54) is 12.1 Å². The van der Waals surface area contributed by atoms with Gasteiger partial charge in [0.2, 0.25) is 0 Å². The Hall–Kier alpha value is -2.41. The van der Waals surface area contributed by atoms with Crippen LogP contribution in [0, 0.1) is 0 Å². The number of hydrogen-bond acceptors (Lipinski definition) is 3. The Kier molecular flexibility index (Phi) is 4.19. The van der Waals surface area contributed by atoms with Crippen molar-refractivity contribution in [2.24, 2.45) is 0 Å². The third kappa shape index (κ3) is 3.07. The van der Waals surface area contributed by atoms with Gasteiger partial charge in [-0.15, -0.1) is 11.3 Å². The summed E-state index contributed by atoms with van der Waals surface area (Å²) >= 11 is 1.56. The molecule has 4 rings (SSSR count). The van der Waals surface area contributed by atoms with Gasteiger partial charge in [0.05, 0.1) is 21.8 Å². The molecule has 1 aliphatic rings. The molecule has 0 N–H and O–H groups in total. The number of nitrogens with zero attached hydrogens (tertiary/aromatic N) is 2. The number of halogens is 3. The van der Waals surface area contributed by atoms with E-state index in [1.807, 2.05) is 24.3 Å². The predicted octanol–water partition coefficient (Wildman–Crippen LogP) is 5.29. The van der Waals surface area contributed by atoms with Crippen LogP contribution in [-0.4, -0.2) is 22.3 Å². The SMILES string of the molecule is O=C(c1ccc(C(F)(F)F)cc1)N1CCC[C@@H]1c1nc2ccccc2s1. The molecular formula is C19H15F3N2OS. The lowest BCUT2D eigenvalue weighted by Crippen LogP contribution is -2.30. The molecule has 2 aromatic carbocycles. The number of para-hydroxylation sites is 1. The molecule has 1 fully saturated rings. The number of aromatic nitrogens is 1. The van der Waals surface area contributed by atoms with Crippen LogP contribution in [0.5, 0.6) is 0 Å². The summed E-state index contributed by atoms with van der Waals surface area (Å²) in [5, 5.41) is 0.879. The van der Waals surface area contributed by atoms with Gasteiger partial charge in [-0.05, 0) is 49.2 Å². The van der Waals surface area contributed by atoms with Crippen LogP contribution in [0.3, 0.4) is 0 Å². The molecular weight excluding hydrogens is 361 g/mol. The zero-order valence-electron chi connectivity index (χ0n) is 13.7. The van der Waals surface area contributed by atoms with Gasteiger partial charge in [0.25, 0.3) is 5.91 Å². The summed E-state index contributed by atoms with van der Waals surface area (Å²) in [6.45, 7) is 0.584. The zero-order valence-corrected chi connectivity index (χ0v) is 14.5. The van der Waals surface area contributed by atoms with Crippen molar-refractivity contribution in [3.63, 3.8) is 0 Å². The molecule has 1 saturated heterocycles. The molecule has 26 heavy (non-hydrogen) atoms. The molecule has 7 heteroatoms. The molecule has 2 heterocycles. The highest BCUT2D eigenvalue weighted by Crippen LogP contribution is 2.37. The van der Waals surface area contributed by atoms with Gasteiger partial charge in [-0.1, -0.05) is 12.1 Å². The molecule has 1 aromatic heterocycles. The van der Waals surface area contributed by atoms with E-state index in [0.717, 1.165) is 40.2 Å². The maximum absolute atomic E-state index is 12.8. The average Bonchev–Trinajstić information content (AvgIpc) is 3.26. The van der Waals surface area contributed by atoms with E-state index in [0.29, 0.717) is 6.54 Å². The lowest BCUT2D eigenvalue weighted by molar-refractivity contribution is -0.137. The highest BCUT2D eigenvalue weighted by atomic mass is 32.1. The lowest BCUT2D eigenvalue weighted by Gasteiger charge is -2.23. The Bertz CT molecular complexity index is 916. The van der Waals surface area contributed by atoms with E-state index in [-0.39, 0.29) is 17.5 Å². The Morgan fingerprint density at radius 3 is 2.54 bits per heavy atom. The first-order chi connectivity index (χ1) is 12.4. The van der Waals surface area contributed by atoms with Crippen LogP contribution < -0.4 is 0 Å². The average molecular weight is 376 g/mol. The Morgan fingerprint density at radius 2 is 1.85 bits per heavy atom. The highest BCUT2D eigenvalue weighted by Gasteiger charge is 2.34. The first kappa shape index (κ1) is 17.0. The summed E-state index contributed by atoms with van der Waals surface area (Å²) in [6.07, 6.45) is -2.74. The molecule has 0 saturated carbocycles. The Balaban J connectivity index is 1.60. The summed E-state index contributed by atoms with van der Waals surface area (Å²) in [7, 11) is 0. The molecule has 134 valence electrons. The maximum atomic E-state index is 12.8. The van der Waals surface area contributed by atoms with Gasteiger partial charge in [0, 0.05) is 12.1 Å². The molecule has 3 nitrogen and oxygen atoms in total. The van der Waals surface area contributed by atoms with E-state index in [1.54, 1.807) is 16.2 Å². The molecule has 1 aliphatic heterocycles. The number of alkyl halides is 3. The van der Waals surface area contributed by atoms with Gasteiger partial charge in [-0.2, -0.15) is 13.2 Å². The lowest BCUT2D eigenvalue weighted by atomic mass is 10.1. The second-order valence-corrected chi connectivity index (χ2v) is 7.31. The minimum atomic E-state index is -4.40. The standard InChI is InChI=1S/C19H15F3N2OS/c20-19(21,22)13-9-7-12(8-10-13)18(25)24-11-3-5-15(24)17-23-14-4-1-2-6-16(14)26-17/h1-2,4,6-10,15H,3,5,11H2/t15-/m1/s1. The summed E-state index contributed by atoms with van der Waals surface area (Å²) in [6, 6.07) is 12.1. The smallest absolute Gasteiger partial charge is 0.329 e. The quantitative estimate of drug-likeness (QED) is 0.609. The molecule has 1 atom stereocenters. The summed E-state index contributed by atoms with van der Waals surface area (Å²) in [4.78, 5) is 19.2. The van der Waals surface area contributed by atoms with E-state index in [4.69, 9.17) is 0 Å². The van der Waals surface area contributed by atoms with Gasteiger partial charge in [0.1, 0.15) is 5.01 Å². The van der Waals surface area contributed by atoms with Crippen molar-refractivity contribution in [2.75, 3.05) is 6.54 Å². The molecule has 3 aromatic rings. The van der Waals surface area contributed by atoms with Gasteiger partial charge in [0.15, 0.2) is 0 Å². The largest absolute Gasteiger partial charge is 0.416 e. The minimum absolute atomic E-state index is 0.123. The predicted molar refractivity (Wildman–Crippen MR) is 94.1 cm³/mol. The van der Waals surface area contributed by atoms with E-state index < -0.39 is 11.7 Å². The fourth-order valence-corrected chi connectivity index (χ4v) is 4.38. The highest BCUT2D eigenvalue weighted by molar-refractivity contribution is 7.18. The molecule has 0 radical (unpaired) electrons. The van der Waals surface area contributed by atoms with Crippen LogP contribution in [0.2, 0.25) is 0 Å². The van der Waals surface area contributed by atoms with Crippen LogP contribution in [0.25, 0.3) is 10.2 Å². The number of fused-ring (bicyclic) bond motifs is 1. The van der Waals surface area contributed by atoms with Crippen molar-refractivity contribution < 1.29 is 18.0 Å². The van der Waals surface area contributed by atoms with Crippen molar-refractivity contribution in [1.29, 1.82) is 0 Å². The molecule has 0 unspecified atom stereocenters. The first-order valence-electron chi connectivity index (χ1n) is 8.27. The van der Waals surface area contributed by atoms with Crippen LogP contribution in [0.1, 0.15) is 39.8 Å². The van der Waals surface area contributed by atoms with Crippen LogP contribution >= 0.6 is 11.3 Å². The number of carbonyl (C=O) groups is 1. The second-order valence-electron chi connectivity index (χ2n) is 6.25. The Labute approximate surface area is 152 Å². The summed E-state index contributed by atoms with van der Waals surface area (Å²) in [5.41, 5.74) is 0.422. The fraction of sp³-hybridized carbons (Fsp3) is 0.263. The van der Waals surface area contributed by atoms with Crippen molar-refractivity contribution in [1.82, 2.24) is 9.88 Å². The fourth-order valence-electron chi connectivity index (χ4n) is 3.27. The third-order valence-corrected chi connectivity index (χ3v) is 5.71. The van der Waals surface area contributed by atoms with Crippen LogP contribution in [0.4, 0.5) is 13.2 Å². The van der Waals surface area contributed by atoms with E-state index in [2.05, 4.69) is 4.98 Å². The second kappa shape index (κ2) is 6.39. The van der Waals surface area contributed by atoms with Crippen molar-refractivity contribution in [3.05, 3.63) is 64.7 Å². The maximum Gasteiger partial charge on any atom is 0.416 e. The molecule has 0 spiro atoms. The number of amides is 1. The van der Waals surface area contributed by atoms with E-state index in [9.17, 15) is 18.0 Å². The number of hydrogen-bond donors (Lipinski definition) is 0. The number of likely N-dealkylation sites (tertiary alicyclic amines) is 1. The number of thiazole rings is 1. The summed E-state index contributed by atoms with van der Waals surface area (Å²) in [5.74, 6) is -0.250. The summed E-state index contributed by atoms with van der Waals surface area (Å²) < 4.78 is 39.2. The number of benzene rings is 2. The van der Waals surface area contributed by atoms with Gasteiger partial charge in [-0.3, -0.25) is 4.79 Å². The van der Waals surface area contributed by atoms with Gasteiger partial charge < -0.3 is 4.90 Å². The van der Waals surface area contributed by atoms with Crippen molar-refractivity contribution >= 4 is 27.5 Å². The molecule has 0 aliphatic carbocycles. The molecule has 1 amide bonds. The molecule has 0 bridgehead atoms. The normalized spacial score (nSPS) is 17.8. The zero-order chi connectivity index (χ0) is 18.3. The van der Waals surface area contributed by atoms with Gasteiger partial charge >= 0.3 is 6.18 Å². The van der Waals surface area contributed by atoms with Gasteiger partial charge in [-0.25, -0.2) is 4.98 Å². The van der Waals surface area contributed by atoms with Crippen LogP contribution in [-0.2, 0) is 6.18 Å². The minimum Gasteiger partial charge on any atom is -0.329 e. The number of carbonyl (C=O) groups excluding carboxylic acids is 1. The first-order valence-corrected chi connectivity index (χ1v) is 9.09. The topological polar surface area (TPSA) is 33.2 Å². The van der Waals surface area contributed by atoms with E-state index >= 15 is 0 Å². The monoisotopic (exact) mass is 376 g/mol. The third-order valence-electron chi connectivity index (χ3n) is 4.57. The van der Waals surface area contributed by atoms with Crippen molar-refractivity contribution in [2.45, 2.75) is 25.1 Å². The van der Waals surface area contributed by atoms with Crippen molar-refractivity contribution in [3.8, 4) is 0 Å². The Morgan fingerprint density at radius 1 is 1.12 bits per heavy atom. The number of rotatable bonds is 2. The van der Waals surface area contributed by atoms with Crippen LogP contribution in [0.15, 0.2) is 48.5 Å².